The number of alkyl halides is 3. The van der Waals surface area contributed by atoms with E-state index in [-0.39, 0.29) is 37.1 Å². The van der Waals surface area contributed by atoms with Crippen LogP contribution >= 0.6 is 11.6 Å². The van der Waals surface area contributed by atoms with Crippen molar-refractivity contribution in [1.82, 2.24) is 16.0 Å². The van der Waals surface area contributed by atoms with Crippen LogP contribution in [0.25, 0.3) is 0 Å². The smallest absolute Gasteiger partial charge is 0.357 e. The van der Waals surface area contributed by atoms with E-state index in [4.69, 9.17) is 11.6 Å². The summed E-state index contributed by atoms with van der Waals surface area (Å²) in [5.74, 6) is -1.04. The van der Waals surface area contributed by atoms with Crippen LogP contribution in [0.4, 0.5) is 17.6 Å². The molecule has 0 aliphatic rings. The Kier molecular flexibility index (Phi) is 8.46. The van der Waals surface area contributed by atoms with Crippen molar-refractivity contribution in [2.45, 2.75) is 19.6 Å². The van der Waals surface area contributed by atoms with Crippen molar-refractivity contribution in [3.63, 3.8) is 0 Å². The average Bonchev–Trinajstić information content (AvgIpc) is 2.69. The van der Waals surface area contributed by atoms with Crippen molar-refractivity contribution in [1.29, 1.82) is 0 Å². The van der Waals surface area contributed by atoms with Gasteiger partial charge in [0.1, 0.15) is 5.82 Å². The number of halogens is 5. The van der Waals surface area contributed by atoms with Crippen LogP contribution in [0.3, 0.4) is 0 Å². The lowest BCUT2D eigenvalue weighted by molar-refractivity contribution is -0.138. The number of hydrogen-bond donors (Lipinski definition) is 3. The van der Waals surface area contributed by atoms with E-state index in [0.717, 1.165) is 12.1 Å². The minimum Gasteiger partial charge on any atom is -0.357 e. The first kappa shape index (κ1) is 23.5. The van der Waals surface area contributed by atoms with Crippen molar-refractivity contribution in [2.75, 3.05) is 19.6 Å². The summed E-state index contributed by atoms with van der Waals surface area (Å²) in [7, 11) is 0. The highest BCUT2D eigenvalue weighted by atomic mass is 35.5. The molecule has 0 saturated carbocycles. The number of nitrogens with one attached hydrogen (secondary N) is 3. The van der Waals surface area contributed by atoms with Gasteiger partial charge in [0.05, 0.1) is 22.7 Å². The van der Waals surface area contributed by atoms with E-state index in [1.54, 1.807) is 31.2 Å². The molecule has 0 aromatic heterocycles. The summed E-state index contributed by atoms with van der Waals surface area (Å²) in [5, 5.41) is 8.84. The second-order valence-electron chi connectivity index (χ2n) is 6.16. The minimum absolute atomic E-state index is 0.145. The normalized spacial score (nSPS) is 11.9. The van der Waals surface area contributed by atoms with E-state index in [1.165, 1.54) is 0 Å². The zero-order valence-corrected chi connectivity index (χ0v) is 16.9. The van der Waals surface area contributed by atoms with Crippen LogP contribution in [0.5, 0.6) is 0 Å². The second kappa shape index (κ2) is 10.8. The summed E-state index contributed by atoms with van der Waals surface area (Å²) in [4.78, 5) is 16.2. The summed E-state index contributed by atoms with van der Waals surface area (Å²) >= 11 is 5.97. The molecule has 0 unspecified atom stereocenters. The van der Waals surface area contributed by atoms with E-state index in [1.807, 2.05) is 0 Å². The lowest BCUT2D eigenvalue weighted by Gasteiger charge is -2.14. The molecule has 0 heterocycles. The number of hydrogen-bond acceptors (Lipinski definition) is 2. The molecule has 30 heavy (non-hydrogen) atoms. The van der Waals surface area contributed by atoms with Crippen LogP contribution in [0.15, 0.2) is 47.5 Å². The third-order valence-electron chi connectivity index (χ3n) is 3.95. The molecule has 0 spiro atoms. The molecular weight excluding hydrogens is 424 g/mol. The number of carbonyl (C=O) groups is 1. The molecule has 0 radical (unpaired) electrons. The van der Waals surface area contributed by atoms with E-state index in [9.17, 15) is 22.4 Å². The van der Waals surface area contributed by atoms with Gasteiger partial charge in [0.25, 0.3) is 5.91 Å². The molecule has 0 atom stereocenters. The Balaban J connectivity index is 1.96. The van der Waals surface area contributed by atoms with E-state index in [0.29, 0.717) is 23.2 Å². The fourth-order valence-electron chi connectivity index (χ4n) is 2.55. The fourth-order valence-corrected chi connectivity index (χ4v) is 2.78. The number of carbonyl (C=O) groups excluding carboxylic acids is 1. The number of amides is 1. The highest BCUT2D eigenvalue weighted by molar-refractivity contribution is 6.33. The third kappa shape index (κ3) is 6.91. The molecule has 0 bridgehead atoms. The van der Waals surface area contributed by atoms with Gasteiger partial charge in [-0.1, -0.05) is 29.8 Å². The topological polar surface area (TPSA) is 65.5 Å². The van der Waals surface area contributed by atoms with Crippen molar-refractivity contribution in [2.24, 2.45) is 4.99 Å². The van der Waals surface area contributed by atoms with Crippen molar-refractivity contribution in [3.05, 3.63) is 70.0 Å². The molecule has 2 aromatic rings. The molecule has 10 heteroatoms. The number of aliphatic imine (C=N–C) groups is 1. The van der Waals surface area contributed by atoms with Crippen molar-refractivity contribution >= 4 is 23.5 Å². The van der Waals surface area contributed by atoms with E-state index in [2.05, 4.69) is 20.9 Å². The van der Waals surface area contributed by atoms with Gasteiger partial charge in [0.2, 0.25) is 0 Å². The Morgan fingerprint density at radius 3 is 2.43 bits per heavy atom. The standard InChI is InChI=1S/C20H21ClF4N4O/c1-2-26-19(28-10-9-27-18(30)15-5-3-4-6-17(15)21)29-12-13-7-8-14(22)11-16(13)20(23,24)25/h3-8,11H,2,9-10,12H2,1H3,(H,27,30)(H2,26,28,29). The first-order valence-corrected chi connectivity index (χ1v) is 9.50. The maximum atomic E-state index is 13.2. The highest BCUT2D eigenvalue weighted by Crippen LogP contribution is 2.32. The molecule has 2 aromatic carbocycles. The maximum absolute atomic E-state index is 13.2. The number of rotatable bonds is 7. The van der Waals surface area contributed by atoms with Gasteiger partial charge in [-0.15, -0.1) is 0 Å². The van der Waals surface area contributed by atoms with Gasteiger partial charge in [-0.2, -0.15) is 13.2 Å². The zero-order valence-electron chi connectivity index (χ0n) is 16.1. The molecule has 0 saturated heterocycles. The van der Waals surface area contributed by atoms with E-state index < -0.39 is 17.6 Å². The fraction of sp³-hybridized carbons (Fsp3) is 0.300. The van der Waals surface area contributed by atoms with Crippen molar-refractivity contribution < 1.29 is 22.4 Å². The monoisotopic (exact) mass is 444 g/mol. The second-order valence-corrected chi connectivity index (χ2v) is 6.56. The van der Waals surface area contributed by atoms with E-state index >= 15 is 0 Å². The predicted octanol–water partition coefficient (Wildman–Crippen LogP) is 3.98. The molecule has 0 fully saturated rings. The predicted molar refractivity (Wildman–Crippen MR) is 108 cm³/mol. The summed E-state index contributed by atoms with van der Waals surface area (Å²) in [6.45, 7) is 2.50. The van der Waals surface area contributed by atoms with Crippen LogP contribution in [-0.4, -0.2) is 31.5 Å². The molecule has 2 rings (SSSR count). The highest BCUT2D eigenvalue weighted by Gasteiger charge is 2.33. The van der Waals surface area contributed by atoms with Crippen LogP contribution in [-0.2, 0) is 12.7 Å². The summed E-state index contributed by atoms with van der Waals surface area (Å²) < 4.78 is 52.5. The van der Waals surface area contributed by atoms with Crippen LogP contribution in [0, 0.1) is 5.82 Å². The van der Waals surface area contributed by atoms with Gasteiger partial charge in [-0.05, 0) is 36.8 Å². The minimum atomic E-state index is -4.68. The average molecular weight is 445 g/mol. The molecule has 3 N–H and O–H groups in total. The number of nitrogens with zero attached hydrogens (tertiary/aromatic N) is 1. The molecule has 0 aliphatic heterocycles. The lowest BCUT2D eigenvalue weighted by atomic mass is 10.1. The Morgan fingerprint density at radius 2 is 1.77 bits per heavy atom. The largest absolute Gasteiger partial charge is 0.416 e. The third-order valence-corrected chi connectivity index (χ3v) is 4.28. The summed E-state index contributed by atoms with van der Waals surface area (Å²) in [5.41, 5.74) is -0.863. The molecule has 1 amide bonds. The Hall–Kier alpha value is -2.81. The lowest BCUT2D eigenvalue weighted by Crippen LogP contribution is -2.41. The number of benzene rings is 2. The van der Waals surface area contributed by atoms with Gasteiger partial charge < -0.3 is 16.0 Å². The maximum Gasteiger partial charge on any atom is 0.416 e. The molecule has 5 nitrogen and oxygen atoms in total. The molecule has 162 valence electrons. The summed E-state index contributed by atoms with van der Waals surface area (Å²) in [6, 6.07) is 9.09. The first-order valence-electron chi connectivity index (χ1n) is 9.13. The van der Waals surface area contributed by atoms with Gasteiger partial charge in [-0.3, -0.25) is 4.79 Å². The Morgan fingerprint density at radius 1 is 1.07 bits per heavy atom. The number of guanidine groups is 1. The molecular formula is C20H21ClF4N4O. The molecule has 0 aliphatic carbocycles. The van der Waals surface area contributed by atoms with Gasteiger partial charge in [-0.25, -0.2) is 9.38 Å². The first-order chi connectivity index (χ1) is 14.2. The van der Waals surface area contributed by atoms with Crippen LogP contribution < -0.4 is 16.0 Å². The van der Waals surface area contributed by atoms with Crippen LogP contribution in [0.2, 0.25) is 5.02 Å². The Bertz CT molecular complexity index is 903. The summed E-state index contributed by atoms with van der Waals surface area (Å²) in [6.07, 6.45) is -4.68. The Labute approximate surface area is 176 Å². The van der Waals surface area contributed by atoms with Crippen LogP contribution in [0.1, 0.15) is 28.4 Å². The van der Waals surface area contributed by atoms with Gasteiger partial charge in [0, 0.05) is 19.6 Å². The SMILES string of the molecule is CCNC(=NCc1ccc(F)cc1C(F)(F)F)NCCNC(=O)c1ccccc1Cl. The van der Waals surface area contributed by atoms with Gasteiger partial charge >= 0.3 is 6.18 Å². The van der Waals surface area contributed by atoms with Crippen molar-refractivity contribution in [3.8, 4) is 0 Å². The van der Waals surface area contributed by atoms with Gasteiger partial charge in [0.15, 0.2) is 5.96 Å². The quantitative estimate of drug-likeness (QED) is 0.262. The zero-order chi connectivity index (χ0) is 22.1.